The Morgan fingerprint density at radius 2 is 1.85 bits per heavy atom. The van der Waals surface area contributed by atoms with Gasteiger partial charge in [-0.05, 0) is 12.1 Å². The molecule has 3 aromatic rings. The largest absolute Gasteiger partial charge is 0.497 e. The molecule has 134 valence electrons. The van der Waals surface area contributed by atoms with Gasteiger partial charge in [-0.1, -0.05) is 17.7 Å². The maximum atomic E-state index is 11.0. The Balaban J connectivity index is 1.84. The summed E-state index contributed by atoms with van der Waals surface area (Å²) in [6.07, 6.45) is 1.52. The Bertz CT molecular complexity index is 932. The van der Waals surface area contributed by atoms with Crippen LogP contribution in [0.5, 0.6) is 11.5 Å². The number of carbonyl (C=O) groups is 1. The van der Waals surface area contributed by atoms with Crippen LogP contribution in [0.3, 0.4) is 0 Å². The summed E-state index contributed by atoms with van der Waals surface area (Å²) in [5.41, 5.74) is 1.31. The fourth-order valence-electron chi connectivity index (χ4n) is 2.31. The third-order valence-corrected chi connectivity index (χ3v) is 3.91. The number of aromatic nitrogens is 1. The number of rotatable bonds is 6. The molecule has 7 nitrogen and oxygen atoms in total. The monoisotopic (exact) mass is 374 g/mol. The molecular formula is C18H15ClN2O5. The van der Waals surface area contributed by atoms with E-state index in [2.05, 4.69) is 10.3 Å². The van der Waals surface area contributed by atoms with Gasteiger partial charge in [0.25, 0.3) is 6.01 Å². The van der Waals surface area contributed by atoms with Crippen LogP contribution in [-0.4, -0.2) is 30.3 Å². The molecule has 0 saturated carbocycles. The van der Waals surface area contributed by atoms with Crippen molar-refractivity contribution in [1.82, 2.24) is 4.98 Å². The van der Waals surface area contributed by atoms with Crippen LogP contribution >= 0.6 is 11.6 Å². The molecule has 8 heteroatoms. The molecular weight excluding hydrogens is 360 g/mol. The van der Waals surface area contributed by atoms with Crippen molar-refractivity contribution in [2.75, 3.05) is 19.5 Å². The van der Waals surface area contributed by atoms with Crippen molar-refractivity contribution in [1.29, 1.82) is 0 Å². The number of hydrogen-bond acceptors (Lipinski definition) is 6. The smallest absolute Gasteiger partial charge is 0.337 e. The van der Waals surface area contributed by atoms with E-state index in [1.165, 1.54) is 18.3 Å². The molecule has 1 aromatic heterocycles. The zero-order valence-corrected chi connectivity index (χ0v) is 14.7. The van der Waals surface area contributed by atoms with Crippen LogP contribution in [0.25, 0.3) is 11.3 Å². The van der Waals surface area contributed by atoms with E-state index in [-0.39, 0.29) is 16.6 Å². The van der Waals surface area contributed by atoms with Crippen molar-refractivity contribution in [3.63, 3.8) is 0 Å². The third kappa shape index (κ3) is 3.73. The molecule has 0 unspecified atom stereocenters. The summed E-state index contributed by atoms with van der Waals surface area (Å²) in [5.74, 6) is 0.596. The minimum Gasteiger partial charge on any atom is -0.497 e. The van der Waals surface area contributed by atoms with E-state index in [4.69, 9.17) is 30.6 Å². The predicted molar refractivity (Wildman–Crippen MR) is 96.7 cm³/mol. The first kappa shape index (κ1) is 17.6. The first-order chi connectivity index (χ1) is 12.5. The lowest BCUT2D eigenvalue weighted by atomic mass is 10.1. The van der Waals surface area contributed by atoms with E-state index in [1.807, 2.05) is 0 Å². The Labute approximate surface area is 154 Å². The molecule has 0 atom stereocenters. The van der Waals surface area contributed by atoms with Gasteiger partial charge in [-0.15, -0.1) is 0 Å². The van der Waals surface area contributed by atoms with Gasteiger partial charge in [0.1, 0.15) is 11.5 Å². The number of aromatic carboxylic acids is 1. The van der Waals surface area contributed by atoms with Crippen molar-refractivity contribution in [2.24, 2.45) is 0 Å². The fourth-order valence-corrected chi connectivity index (χ4v) is 2.57. The number of nitrogens with one attached hydrogen (secondary N) is 1. The van der Waals surface area contributed by atoms with E-state index in [1.54, 1.807) is 38.5 Å². The number of carboxylic acid groups (broad SMARTS) is 1. The van der Waals surface area contributed by atoms with E-state index in [0.717, 1.165) is 0 Å². The highest BCUT2D eigenvalue weighted by molar-refractivity contribution is 6.33. The maximum absolute atomic E-state index is 11.0. The summed E-state index contributed by atoms with van der Waals surface area (Å²) in [4.78, 5) is 15.2. The zero-order valence-electron chi connectivity index (χ0n) is 13.9. The third-order valence-electron chi connectivity index (χ3n) is 3.59. The van der Waals surface area contributed by atoms with Crippen LogP contribution in [0.15, 0.2) is 47.0 Å². The van der Waals surface area contributed by atoms with Crippen molar-refractivity contribution in [3.8, 4) is 22.8 Å². The summed E-state index contributed by atoms with van der Waals surface area (Å²) in [6.45, 7) is 0. The average molecular weight is 375 g/mol. The molecule has 0 bridgehead atoms. The number of anilines is 2. The maximum Gasteiger partial charge on any atom is 0.337 e. The van der Waals surface area contributed by atoms with Gasteiger partial charge >= 0.3 is 5.97 Å². The summed E-state index contributed by atoms with van der Waals surface area (Å²) in [7, 11) is 3.12. The molecule has 0 aliphatic heterocycles. The zero-order chi connectivity index (χ0) is 18.7. The normalized spacial score (nSPS) is 10.4. The number of ether oxygens (including phenoxy) is 2. The number of benzene rings is 2. The van der Waals surface area contributed by atoms with Crippen LogP contribution in [0.1, 0.15) is 10.4 Å². The first-order valence-corrected chi connectivity index (χ1v) is 7.87. The lowest BCUT2D eigenvalue weighted by Gasteiger charge is -2.08. The van der Waals surface area contributed by atoms with E-state index >= 15 is 0 Å². The van der Waals surface area contributed by atoms with Gasteiger partial charge < -0.3 is 24.3 Å². The highest BCUT2D eigenvalue weighted by atomic mass is 35.5. The Morgan fingerprint density at radius 1 is 1.15 bits per heavy atom. The molecule has 0 fully saturated rings. The van der Waals surface area contributed by atoms with Crippen molar-refractivity contribution >= 4 is 29.3 Å². The molecule has 0 saturated heterocycles. The summed E-state index contributed by atoms with van der Waals surface area (Å²) in [6, 6.07) is 10.1. The van der Waals surface area contributed by atoms with Crippen molar-refractivity contribution in [3.05, 3.63) is 53.2 Å². The van der Waals surface area contributed by atoms with Crippen LogP contribution in [0.4, 0.5) is 11.7 Å². The minimum absolute atomic E-state index is 0.0248. The van der Waals surface area contributed by atoms with E-state index < -0.39 is 5.97 Å². The molecule has 26 heavy (non-hydrogen) atoms. The molecule has 2 N–H and O–H groups in total. The molecule has 2 aromatic carbocycles. The second-order valence-corrected chi connectivity index (χ2v) is 5.66. The molecule has 0 amide bonds. The second-order valence-electron chi connectivity index (χ2n) is 5.26. The van der Waals surface area contributed by atoms with Gasteiger partial charge in [0.2, 0.25) is 0 Å². The van der Waals surface area contributed by atoms with Crippen LogP contribution < -0.4 is 14.8 Å². The summed E-state index contributed by atoms with van der Waals surface area (Å²) >= 11 is 5.99. The number of halogens is 1. The summed E-state index contributed by atoms with van der Waals surface area (Å²) in [5, 5.41) is 12.2. The topological polar surface area (TPSA) is 93.8 Å². The van der Waals surface area contributed by atoms with Crippen LogP contribution in [-0.2, 0) is 0 Å². The van der Waals surface area contributed by atoms with E-state index in [9.17, 15) is 4.79 Å². The predicted octanol–water partition coefficient (Wildman–Crippen LogP) is 4.45. The highest BCUT2D eigenvalue weighted by Gasteiger charge is 2.13. The second kappa shape index (κ2) is 7.37. The average Bonchev–Trinajstić information content (AvgIpc) is 3.09. The van der Waals surface area contributed by atoms with Gasteiger partial charge in [0.15, 0.2) is 5.76 Å². The fraction of sp³-hybridized carbons (Fsp3) is 0.111. The number of nitrogens with zero attached hydrogens (tertiary/aromatic N) is 1. The minimum atomic E-state index is -1.09. The van der Waals surface area contributed by atoms with Crippen molar-refractivity contribution < 1.29 is 23.8 Å². The molecule has 0 spiro atoms. The van der Waals surface area contributed by atoms with Crippen LogP contribution in [0, 0.1) is 0 Å². The summed E-state index contributed by atoms with van der Waals surface area (Å²) < 4.78 is 16.1. The number of methoxy groups -OCH3 is 2. The lowest BCUT2D eigenvalue weighted by molar-refractivity contribution is 0.0697. The Hall–Kier alpha value is -3.19. The first-order valence-electron chi connectivity index (χ1n) is 7.49. The molecule has 3 rings (SSSR count). The number of hydrogen-bond donors (Lipinski definition) is 2. The highest BCUT2D eigenvalue weighted by Crippen LogP contribution is 2.31. The van der Waals surface area contributed by atoms with E-state index in [0.29, 0.717) is 28.5 Å². The van der Waals surface area contributed by atoms with Crippen molar-refractivity contribution in [2.45, 2.75) is 0 Å². The number of oxazole rings is 1. The Morgan fingerprint density at radius 3 is 2.42 bits per heavy atom. The number of carboxylic acids is 1. The van der Waals surface area contributed by atoms with Gasteiger partial charge in [-0.2, -0.15) is 0 Å². The van der Waals surface area contributed by atoms with Crippen LogP contribution in [0.2, 0.25) is 5.02 Å². The van der Waals surface area contributed by atoms with Gasteiger partial charge in [-0.3, -0.25) is 0 Å². The van der Waals surface area contributed by atoms with Gasteiger partial charge in [-0.25, -0.2) is 9.78 Å². The standard InChI is InChI=1S/C18H15ClN2O5/c1-24-12-6-11(7-13(8-12)25-2)21-18-20-9-16(26-18)10-3-4-14(17(22)23)15(19)5-10/h3-9H,1-2H3,(H,20,21)(H,22,23). The van der Waals surface area contributed by atoms with Gasteiger partial charge in [0.05, 0.1) is 31.0 Å². The molecule has 0 radical (unpaired) electrons. The van der Waals surface area contributed by atoms with Gasteiger partial charge in [0, 0.05) is 29.4 Å². The lowest BCUT2D eigenvalue weighted by Crippen LogP contribution is -1.96. The quantitative estimate of drug-likeness (QED) is 0.658. The Kier molecular flexibility index (Phi) is 4.99. The molecule has 0 aliphatic rings. The SMILES string of the molecule is COc1cc(Nc2ncc(-c3ccc(C(=O)O)c(Cl)c3)o2)cc(OC)c1. The molecule has 1 heterocycles. The molecule has 0 aliphatic carbocycles.